The van der Waals surface area contributed by atoms with Gasteiger partial charge in [-0.3, -0.25) is 9.59 Å². The van der Waals surface area contributed by atoms with Gasteiger partial charge in [0, 0.05) is 19.6 Å². The molecule has 0 fully saturated rings. The topological polar surface area (TPSA) is 86.8 Å². The van der Waals surface area contributed by atoms with Crippen molar-refractivity contribution in [3.8, 4) is 0 Å². The predicted octanol–water partition coefficient (Wildman–Crippen LogP) is 5.36. The minimum Gasteiger partial charge on any atom is -0.354 e. The Morgan fingerprint density at radius 2 is 1.52 bits per heavy atom. The quantitative estimate of drug-likeness (QED) is 0.271. The van der Waals surface area contributed by atoms with Gasteiger partial charge < -0.3 is 10.2 Å². The first kappa shape index (κ1) is 31.1. The van der Waals surface area contributed by atoms with Crippen molar-refractivity contribution < 1.29 is 22.4 Å². The average Bonchev–Trinajstić information content (AvgIpc) is 2.98. The van der Waals surface area contributed by atoms with Gasteiger partial charge in [0.15, 0.2) is 0 Å². The van der Waals surface area contributed by atoms with E-state index in [4.69, 9.17) is 0 Å². The second-order valence-electron chi connectivity index (χ2n) is 10.6. The maximum atomic E-state index is 14.1. The van der Waals surface area contributed by atoms with Gasteiger partial charge in [0.2, 0.25) is 21.8 Å². The van der Waals surface area contributed by atoms with Gasteiger partial charge in [-0.2, -0.15) is 4.31 Å². The lowest BCUT2D eigenvalue weighted by atomic mass is 9.97. The highest BCUT2D eigenvalue weighted by Crippen LogP contribution is 2.26. The molecular weight excluding hydrogens is 553 g/mol. The van der Waals surface area contributed by atoms with Crippen molar-refractivity contribution in [3.05, 3.63) is 119 Å². The molecule has 222 valence electrons. The smallest absolute Gasteiger partial charge is 0.247 e. The van der Waals surface area contributed by atoms with Crippen LogP contribution >= 0.6 is 0 Å². The van der Waals surface area contributed by atoms with E-state index in [1.54, 1.807) is 60.7 Å². The number of sulfonamides is 1. The van der Waals surface area contributed by atoms with Gasteiger partial charge in [-0.05, 0) is 60.9 Å². The number of amides is 2. The summed E-state index contributed by atoms with van der Waals surface area (Å²) < 4.78 is 40.4. The van der Waals surface area contributed by atoms with Crippen molar-refractivity contribution in [1.29, 1.82) is 0 Å². The van der Waals surface area contributed by atoms with Crippen LogP contribution in [-0.2, 0) is 32.7 Å². The molecule has 3 aromatic carbocycles. The molecule has 0 radical (unpaired) electrons. The number of benzene rings is 3. The third kappa shape index (κ3) is 9.09. The lowest BCUT2D eigenvalue weighted by molar-refractivity contribution is -0.141. The average molecular weight is 592 g/mol. The maximum absolute atomic E-state index is 14.1. The largest absolute Gasteiger partial charge is 0.354 e. The Bertz CT molecular complexity index is 1460. The van der Waals surface area contributed by atoms with Gasteiger partial charge in [-0.15, -0.1) is 0 Å². The molecule has 42 heavy (non-hydrogen) atoms. The number of rotatable bonds is 13. The molecule has 0 heterocycles. The van der Waals surface area contributed by atoms with Crippen LogP contribution in [0.2, 0.25) is 0 Å². The molecule has 3 aromatic rings. The summed E-state index contributed by atoms with van der Waals surface area (Å²) in [6.07, 6.45) is 8.44. The molecule has 0 spiro atoms. The van der Waals surface area contributed by atoms with Crippen LogP contribution in [0.15, 0.2) is 96.6 Å². The van der Waals surface area contributed by atoms with Crippen molar-refractivity contribution in [2.75, 3.05) is 19.3 Å². The van der Waals surface area contributed by atoms with E-state index in [0.717, 1.165) is 41.8 Å². The van der Waals surface area contributed by atoms with Crippen LogP contribution in [0, 0.1) is 5.82 Å². The van der Waals surface area contributed by atoms with Crippen molar-refractivity contribution in [2.24, 2.45) is 0 Å². The van der Waals surface area contributed by atoms with E-state index in [2.05, 4.69) is 11.4 Å². The molecular formula is C33H38FN3O4S. The zero-order valence-corrected chi connectivity index (χ0v) is 24.7. The van der Waals surface area contributed by atoms with Crippen LogP contribution in [0.1, 0.15) is 54.8 Å². The van der Waals surface area contributed by atoms with Crippen LogP contribution in [0.4, 0.5) is 4.39 Å². The highest BCUT2D eigenvalue weighted by atomic mass is 32.2. The van der Waals surface area contributed by atoms with Crippen LogP contribution < -0.4 is 5.32 Å². The van der Waals surface area contributed by atoms with Gasteiger partial charge in [0.05, 0.1) is 12.8 Å². The fourth-order valence-electron chi connectivity index (χ4n) is 5.11. The molecule has 1 atom stereocenters. The van der Waals surface area contributed by atoms with Crippen LogP contribution in [-0.4, -0.2) is 48.8 Å². The second kappa shape index (κ2) is 14.9. The summed E-state index contributed by atoms with van der Waals surface area (Å²) in [6, 6.07) is 22.7. The number of allylic oxidation sites excluding steroid dienone is 1. The van der Waals surface area contributed by atoms with Gasteiger partial charge in [0.1, 0.15) is 11.9 Å². The normalized spacial score (nSPS) is 14.2. The number of hydrogen-bond donors (Lipinski definition) is 1. The van der Waals surface area contributed by atoms with Crippen LogP contribution in [0.3, 0.4) is 0 Å². The Balaban J connectivity index is 1.64. The summed E-state index contributed by atoms with van der Waals surface area (Å²) in [5.74, 6) is -1.32. The lowest BCUT2D eigenvalue weighted by Gasteiger charge is -2.33. The number of nitrogens with zero attached hydrogens (tertiary/aromatic N) is 2. The Hall–Kier alpha value is -3.82. The van der Waals surface area contributed by atoms with Gasteiger partial charge in [-0.1, -0.05) is 84.4 Å². The monoisotopic (exact) mass is 591 g/mol. The van der Waals surface area contributed by atoms with E-state index in [1.165, 1.54) is 29.0 Å². The predicted molar refractivity (Wildman–Crippen MR) is 162 cm³/mol. The molecule has 9 heteroatoms. The molecule has 4 rings (SSSR count). The maximum Gasteiger partial charge on any atom is 0.247 e. The Labute approximate surface area is 248 Å². The first-order valence-electron chi connectivity index (χ1n) is 14.2. The number of carbonyl (C=O) groups excluding carboxylic acids is 2. The molecule has 0 saturated heterocycles. The first-order valence-corrected chi connectivity index (χ1v) is 16.1. The molecule has 7 nitrogen and oxygen atoms in total. The van der Waals surface area contributed by atoms with Crippen LogP contribution in [0.5, 0.6) is 0 Å². The van der Waals surface area contributed by atoms with E-state index >= 15 is 0 Å². The van der Waals surface area contributed by atoms with Crippen molar-refractivity contribution in [1.82, 2.24) is 14.5 Å². The summed E-state index contributed by atoms with van der Waals surface area (Å²) in [7, 11) is -3.78. The van der Waals surface area contributed by atoms with E-state index in [9.17, 15) is 22.4 Å². The van der Waals surface area contributed by atoms with Crippen molar-refractivity contribution in [3.63, 3.8) is 0 Å². The summed E-state index contributed by atoms with van der Waals surface area (Å²) in [5.41, 5.74) is 3.26. The molecule has 0 aromatic heterocycles. The van der Waals surface area contributed by atoms with Crippen molar-refractivity contribution in [2.45, 2.75) is 51.2 Å². The first-order chi connectivity index (χ1) is 20.2. The highest BCUT2D eigenvalue weighted by molar-refractivity contribution is 7.88. The zero-order valence-electron chi connectivity index (χ0n) is 23.9. The lowest BCUT2D eigenvalue weighted by Crippen LogP contribution is -2.48. The van der Waals surface area contributed by atoms with E-state index in [0.29, 0.717) is 17.7 Å². The zero-order chi connectivity index (χ0) is 30.0. The summed E-state index contributed by atoms with van der Waals surface area (Å²) in [5, 5.41) is 3.02. The van der Waals surface area contributed by atoms with Crippen LogP contribution in [0.25, 0.3) is 0 Å². The molecule has 1 aliphatic carbocycles. The molecule has 1 unspecified atom stereocenters. The number of carbonyl (C=O) groups is 2. The standard InChI is InChI=1S/C33H38FN3O4S/c1-42(40,41)36(23-27-13-7-3-8-14-27)25-31(38)37(24-28-17-19-30(34)20-18-28)32(29-15-9-4-10-16-29)33(39)35-22-21-26-11-5-2-6-12-26/h3-4,7-11,13-20,32H,2,5-6,12,21-25H2,1H3,(H,35,39). The summed E-state index contributed by atoms with van der Waals surface area (Å²) in [4.78, 5) is 29.3. The second-order valence-corrected chi connectivity index (χ2v) is 12.6. The minimum atomic E-state index is -3.78. The Kier molecular flexibility index (Phi) is 11.0. The summed E-state index contributed by atoms with van der Waals surface area (Å²) in [6.45, 7) is -0.0399. The van der Waals surface area contributed by atoms with E-state index in [1.807, 2.05) is 12.1 Å². The fourth-order valence-corrected chi connectivity index (χ4v) is 5.84. The highest BCUT2D eigenvalue weighted by Gasteiger charge is 2.33. The molecule has 0 bridgehead atoms. The van der Waals surface area contributed by atoms with Crippen molar-refractivity contribution >= 4 is 21.8 Å². The third-order valence-corrected chi connectivity index (χ3v) is 8.57. The van der Waals surface area contributed by atoms with E-state index < -0.39 is 34.3 Å². The van der Waals surface area contributed by atoms with Gasteiger partial charge in [0.25, 0.3) is 0 Å². The molecule has 1 N–H and O–H groups in total. The third-order valence-electron chi connectivity index (χ3n) is 7.37. The van der Waals surface area contributed by atoms with Gasteiger partial charge in [-0.25, -0.2) is 12.8 Å². The Morgan fingerprint density at radius 1 is 0.881 bits per heavy atom. The molecule has 0 aliphatic heterocycles. The van der Waals surface area contributed by atoms with E-state index in [-0.39, 0.29) is 19.0 Å². The number of nitrogens with one attached hydrogen (secondary N) is 1. The summed E-state index contributed by atoms with van der Waals surface area (Å²) >= 11 is 0. The number of halogens is 1. The Morgan fingerprint density at radius 3 is 2.14 bits per heavy atom. The minimum absolute atomic E-state index is 0.00706. The molecule has 2 amide bonds. The molecule has 1 aliphatic rings. The SMILES string of the molecule is CS(=O)(=O)N(CC(=O)N(Cc1ccc(F)cc1)C(C(=O)NCCC1=CCCCC1)c1ccccc1)Cc1ccccc1. The fraction of sp³-hybridized carbons (Fsp3) is 0.333. The molecule has 0 saturated carbocycles. The number of hydrogen-bond acceptors (Lipinski definition) is 4. The van der Waals surface area contributed by atoms with Gasteiger partial charge >= 0.3 is 0 Å².